The van der Waals surface area contributed by atoms with E-state index in [1.165, 1.54) is 11.1 Å². The zero-order valence-electron chi connectivity index (χ0n) is 12.4. The number of nitrogens with two attached hydrogens (primary N) is 1. The molecule has 0 aliphatic heterocycles. The molecule has 3 rings (SSSR count). The van der Waals surface area contributed by atoms with E-state index in [-0.39, 0.29) is 0 Å². The van der Waals surface area contributed by atoms with E-state index in [0.29, 0.717) is 0 Å². The Kier molecular flexibility index (Phi) is 6.46. The highest BCUT2D eigenvalue weighted by Gasteiger charge is 2.02. The Balaban J connectivity index is 0.000000433. The van der Waals surface area contributed by atoms with E-state index < -0.39 is 10.9 Å². The summed E-state index contributed by atoms with van der Waals surface area (Å²) in [5.41, 5.74) is 2.47. The van der Waals surface area contributed by atoms with E-state index in [4.69, 9.17) is 8.42 Å². The van der Waals surface area contributed by atoms with Crippen molar-refractivity contribution in [1.82, 2.24) is 14.8 Å². The van der Waals surface area contributed by atoms with E-state index in [1.54, 1.807) is 6.33 Å². The Bertz CT molecular complexity index is 722. The van der Waals surface area contributed by atoms with Crippen LogP contribution in [-0.4, -0.2) is 23.2 Å². The Morgan fingerprint density at radius 3 is 2.00 bits per heavy atom. The summed E-state index contributed by atoms with van der Waals surface area (Å²) >= 11 is 0. The molecule has 3 aromatic rings. The van der Waals surface area contributed by atoms with Gasteiger partial charge in [0.15, 0.2) is 16.7 Å². The molecule has 6 nitrogen and oxygen atoms in total. The van der Waals surface area contributed by atoms with Crippen LogP contribution in [0.5, 0.6) is 0 Å². The van der Waals surface area contributed by atoms with Gasteiger partial charge in [-0.05, 0) is 11.1 Å². The van der Waals surface area contributed by atoms with E-state index in [2.05, 4.69) is 39.5 Å². The van der Waals surface area contributed by atoms with Crippen molar-refractivity contribution in [2.45, 2.75) is 13.0 Å². The molecule has 0 bridgehead atoms. The lowest BCUT2D eigenvalue weighted by molar-refractivity contribution is 0.616. The maximum absolute atomic E-state index is 8.81. The third kappa shape index (κ3) is 6.41. The van der Waals surface area contributed by atoms with Gasteiger partial charge in [0, 0.05) is 6.42 Å². The number of rotatable bonds is 4. The number of thiol groups is 1. The zero-order chi connectivity index (χ0) is 16.5. The largest absolute Gasteiger partial charge is 0.248 e. The molecule has 7 heteroatoms. The molecule has 1 heterocycles. The Hall–Kier alpha value is -2.51. The minimum atomic E-state index is -2.62. The zero-order valence-corrected chi connectivity index (χ0v) is 13.3. The quantitative estimate of drug-likeness (QED) is 0.707. The van der Waals surface area contributed by atoms with Gasteiger partial charge in [-0.2, -0.15) is 5.10 Å². The SMILES string of the molecule is N[SH](=O)=O.c1ccc(Cc2ncn(Cc3ccccc3)n2)cc1. The van der Waals surface area contributed by atoms with Crippen molar-refractivity contribution in [3.8, 4) is 0 Å². The first-order valence-electron chi connectivity index (χ1n) is 6.99. The summed E-state index contributed by atoms with van der Waals surface area (Å²) in [6, 6.07) is 20.6. The molecule has 2 aromatic carbocycles. The van der Waals surface area contributed by atoms with Gasteiger partial charge in [-0.15, -0.1) is 0 Å². The molecule has 0 saturated carbocycles. The van der Waals surface area contributed by atoms with Crippen LogP contribution >= 0.6 is 0 Å². The molecule has 0 atom stereocenters. The smallest absolute Gasteiger partial charge is 0.198 e. The predicted octanol–water partition coefficient (Wildman–Crippen LogP) is 1.39. The Morgan fingerprint density at radius 1 is 0.913 bits per heavy atom. The van der Waals surface area contributed by atoms with Gasteiger partial charge in [-0.3, -0.25) is 0 Å². The summed E-state index contributed by atoms with van der Waals surface area (Å²) < 4.78 is 19.5. The van der Waals surface area contributed by atoms with E-state index >= 15 is 0 Å². The monoisotopic (exact) mass is 330 g/mol. The number of benzene rings is 2. The van der Waals surface area contributed by atoms with Crippen LogP contribution in [0.3, 0.4) is 0 Å². The fraction of sp³-hybridized carbons (Fsp3) is 0.125. The molecule has 0 radical (unpaired) electrons. The van der Waals surface area contributed by atoms with Crippen LogP contribution in [0.25, 0.3) is 0 Å². The fourth-order valence-corrected chi connectivity index (χ4v) is 2.04. The third-order valence-corrected chi connectivity index (χ3v) is 2.98. The highest BCUT2D eigenvalue weighted by molar-refractivity contribution is 7.69. The maximum atomic E-state index is 8.81. The van der Waals surface area contributed by atoms with Gasteiger partial charge < -0.3 is 0 Å². The van der Waals surface area contributed by atoms with Crippen molar-refractivity contribution in [3.63, 3.8) is 0 Å². The van der Waals surface area contributed by atoms with Crippen LogP contribution in [0.4, 0.5) is 0 Å². The fourth-order valence-electron chi connectivity index (χ4n) is 2.04. The first kappa shape index (κ1) is 16.9. The minimum absolute atomic E-state index is 0.766. The molecular weight excluding hydrogens is 312 g/mol. The van der Waals surface area contributed by atoms with Crippen LogP contribution in [0.1, 0.15) is 17.0 Å². The predicted molar refractivity (Wildman–Crippen MR) is 89.3 cm³/mol. The molecule has 1 aromatic heterocycles. The van der Waals surface area contributed by atoms with Crippen LogP contribution < -0.4 is 5.14 Å². The molecule has 0 saturated heterocycles. The van der Waals surface area contributed by atoms with Crippen LogP contribution in [0, 0.1) is 0 Å². The van der Waals surface area contributed by atoms with E-state index in [0.717, 1.165) is 18.8 Å². The molecule has 2 N–H and O–H groups in total. The second-order valence-electron chi connectivity index (χ2n) is 4.79. The lowest BCUT2D eigenvalue weighted by Crippen LogP contribution is -2.01. The number of hydrogen-bond donors (Lipinski definition) is 2. The minimum Gasteiger partial charge on any atom is -0.248 e. The normalized spacial score (nSPS) is 10.2. The Morgan fingerprint density at radius 2 is 1.43 bits per heavy atom. The van der Waals surface area contributed by atoms with Crippen molar-refractivity contribution in [2.75, 3.05) is 0 Å². The van der Waals surface area contributed by atoms with E-state index in [9.17, 15) is 0 Å². The molecule has 23 heavy (non-hydrogen) atoms. The topological polar surface area (TPSA) is 90.9 Å². The van der Waals surface area contributed by atoms with Crippen LogP contribution in [-0.2, 0) is 23.9 Å². The summed E-state index contributed by atoms with van der Waals surface area (Å²) in [4.78, 5) is 4.36. The van der Waals surface area contributed by atoms with Gasteiger partial charge in [-0.25, -0.2) is 23.2 Å². The maximum Gasteiger partial charge on any atom is 0.198 e. The highest BCUT2D eigenvalue weighted by Crippen LogP contribution is 2.06. The second-order valence-corrected chi connectivity index (χ2v) is 5.36. The lowest BCUT2D eigenvalue weighted by atomic mass is 10.1. The summed E-state index contributed by atoms with van der Waals surface area (Å²) in [5.74, 6) is 0.863. The molecule has 0 aliphatic carbocycles. The number of aromatic nitrogens is 3. The summed E-state index contributed by atoms with van der Waals surface area (Å²) in [7, 11) is -2.62. The van der Waals surface area contributed by atoms with E-state index in [1.807, 2.05) is 41.1 Å². The van der Waals surface area contributed by atoms with Gasteiger partial charge in [0.25, 0.3) is 0 Å². The van der Waals surface area contributed by atoms with Gasteiger partial charge in [-0.1, -0.05) is 60.7 Å². The molecule has 0 spiro atoms. The second kappa shape index (κ2) is 8.82. The summed E-state index contributed by atoms with van der Waals surface area (Å²) in [6.07, 6.45) is 2.58. The third-order valence-electron chi connectivity index (χ3n) is 2.98. The molecule has 120 valence electrons. The average molecular weight is 330 g/mol. The molecule has 0 fully saturated rings. The first-order valence-corrected chi connectivity index (χ1v) is 8.23. The van der Waals surface area contributed by atoms with Gasteiger partial charge in [0.1, 0.15) is 6.33 Å². The molecular formula is C16H18N4O2S. The molecule has 0 aliphatic rings. The van der Waals surface area contributed by atoms with Crippen LogP contribution in [0.2, 0.25) is 0 Å². The lowest BCUT2D eigenvalue weighted by Gasteiger charge is -2.00. The van der Waals surface area contributed by atoms with Crippen molar-refractivity contribution >= 4 is 10.9 Å². The number of hydrogen-bond acceptors (Lipinski definition) is 4. The van der Waals surface area contributed by atoms with Crippen molar-refractivity contribution < 1.29 is 8.42 Å². The summed E-state index contributed by atoms with van der Waals surface area (Å²) in [6.45, 7) is 0.766. The van der Waals surface area contributed by atoms with Gasteiger partial charge >= 0.3 is 0 Å². The average Bonchev–Trinajstić information content (AvgIpc) is 2.96. The van der Waals surface area contributed by atoms with Crippen molar-refractivity contribution in [2.24, 2.45) is 5.14 Å². The molecule has 0 unspecified atom stereocenters. The molecule has 0 amide bonds. The van der Waals surface area contributed by atoms with Crippen molar-refractivity contribution in [1.29, 1.82) is 0 Å². The Labute approximate surface area is 136 Å². The summed E-state index contributed by atoms with van der Waals surface area (Å²) in [5, 5.41) is 8.57. The van der Waals surface area contributed by atoms with Crippen molar-refractivity contribution in [3.05, 3.63) is 83.9 Å². The van der Waals surface area contributed by atoms with Gasteiger partial charge in [0.05, 0.1) is 6.54 Å². The van der Waals surface area contributed by atoms with Gasteiger partial charge in [0.2, 0.25) is 0 Å². The van der Waals surface area contributed by atoms with Crippen LogP contribution in [0.15, 0.2) is 67.0 Å². The highest BCUT2D eigenvalue weighted by atomic mass is 32.2. The standard InChI is InChI=1S/C16H15N3.H3NO2S/c1-3-7-14(8-4-1)11-16-17-13-19(18-16)12-15-9-5-2-6-10-15;1-4(2)3/h1-10,13H,11-12H2;4H,(H2,1,2,3). The first-order chi connectivity index (χ1) is 11.1. The number of nitrogens with zero attached hydrogens (tertiary/aromatic N) is 3.